The number of pyridine rings is 1. The molecule has 1 aliphatic rings. The van der Waals surface area contributed by atoms with Crippen LogP contribution in [0, 0.1) is 11.3 Å². The smallest absolute Gasteiger partial charge is 0.0992 e. The lowest BCUT2D eigenvalue weighted by Crippen LogP contribution is -2.15. The predicted molar refractivity (Wildman–Crippen MR) is 139 cm³/mol. The summed E-state index contributed by atoms with van der Waals surface area (Å²) in [5, 5.41) is 9.41. The van der Waals surface area contributed by atoms with Gasteiger partial charge in [-0.2, -0.15) is 5.26 Å². The highest BCUT2D eigenvalue weighted by Gasteiger charge is 2.26. The third-order valence-electron chi connectivity index (χ3n) is 5.96. The maximum absolute atomic E-state index is 9.41. The van der Waals surface area contributed by atoms with E-state index in [0.29, 0.717) is 5.56 Å². The molecule has 1 aliphatic heterocycles. The molecule has 0 saturated heterocycles. The largest absolute Gasteiger partial charge is 0.308 e. The fraction of sp³-hybridized carbons (Fsp3) is 0. The summed E-state index contributed by atoms with van der Waals surface area (Å²) >= 11 is 1.80. The van der Waals surface area contributed by atoms with Gasteiger partial charge in [-0.3, -0.25) is 4.98 Å². The van der Waals surface area contributed by atoms with Gasteiger partial charge in [-0.05, 0) is 48.0 Å². The predicted octanol–water partition coefficient (Wildman–Crippen LogP) is 8.22. The number of aromatic nitrogens is 1. The normalized spacial score (nSPS) is 11.9. The lowest BCUT2D eigenvalue weighted by Gasteiger charge is -2.34. The number of hydrogen-bond acceptors (Lipinski definition) is 4. The molecule has 2 heterocycles. The van der Waals surface area contributed by atoms with E-state index in [0.717, 1.165) is 28.1 Å². The number of nitriles is 1. The molecule has 0 unspecified atom stereocenters. The average Bonchev–Trinajstić information content (AvgIpc) is 2.92. The first kappa shape index (κ1) is 20.3. The monoisotopic (exact) mass is 453 g/mol. The van der Waals surface area contributed by atoms with Crippen molar-refractivity contribution in [3.63, 3.8) is 0 Å². The van der Waals surface area contributed by atoms with Crippen molar-refractivity contribution < 1.29 is 0 Å². The zero-order chi connectivity index (χ0) is 22.9. The minimum absolute atomic E-state index is 0.601. The lowest BCUT2D eigenvalue weighted by molar-refractivity contribution is 1.17. The lowest BCUT2D eigenvalue weighted by atomic mass is 9.94. The first-order valence-electron chi connectivity index (χ1n) is 11.0. The molecule has 6 rings (SSSR count). The van der Waals surface area contributed by atoms with Crippen LogP contribution in [0.5, 0.6) is 0 Å². The fourth-order valence-electron chi connectivity index (χ4n) is 4.45. The number of fused-ring (bicyclic) bond motifs is 2. The van der Waals surface area contributed by atoms with Gasteiger partial charge in [-0.25, -0.2) is 0 Å². The van der Waals surface area contributed by atoms with Crippen molar-refractivity contribution in [3.05, 3.63) is 121 Å². The standard InChI is InChI=1S/C30H19N3S/c31-20-21-17-18-32-25(19-21)23-10-2-1-9-22(23)24-11-3-4-12-26(24)33-27-13-5-7-15-29(27)34-30-16-8-6-14-28(30)33/h1-19H. The summed E-state index contributed by atoms with van der Waals surface area (Å²) in [5.74, 6) is 0. The van der Waals surface area contributed by atoms with Crippen molar-refractivity contribution in [3.8, 4) is 28.5 Å². The van der Waals surface area contributed by atoms with Gasteiger partial charge in [0.25, 0.3) is 0 Å². The van der Waals surface area contributed by atoms with E-state index >= 15 is 0 Å². The molecule has 160 valence electrons. The number of para-hydroxylation sites is 3. The third kappa shape index (κ3) is 3.44. The zero-order valence-corrected chi connectivity index (χ0v) is 19.0. The van der Waals surface area contributed by atoms with E-state index in [1.165, 1.54) is 21.2 Å². The van der Waals surface area contributed by atoms with E-state index in [4.69, 9.17) is 0 Å². The molecule has 1 aromatic heterocycles. The van der Waals surface area contributed by atoms with E-state index in [2.05, 4.69) is 107 Å². The molecule has 0 bridgehead atoms. The molecule has 0 fully saturated rings. The fourth-order valence-corrected chi connectivity index (χ4v) is 5.51. The van der Waals surface area contributed by atoms with Gasteiger partial charge in [0, 0.05) is 27.1 Å². The number of rotatable bonds is 3. The number of nitrogens with zero attached hydrogens (tertiary/aromatic N) is 3. The van der Waals surface area contributed by atoms with E-state index in [9.17, 15) is 5.26 Å². The molecular weight excluding hydrogens is 434 g/mol. The molecule has 0 saturated carbocycles. The minimum Gasteiger partial charge on any atom is -0.308 e. The maximum Gasteiger partial charge on any atom is 0.0992 e. The van der Waals surface area contributed by atoms with Crippen molar-refractivity contribution in [2.45, 2.75) is 9.79 Å². The van der Waals surface area contributed by atoms with Gasteiger partial charge in [0.1, 0.15) is 0 Å². The van der Waals surface area contributed by atoms with Crippen LogP contribution in [-0.4, -0.2) is 4.98 Å². The Kier molecular flexibility index (Phi) is 5.10. The van der Waals surface area contributed by atoms with Gasteiger partial charge in [-0.15, -0.1) is 0 Å². The zero-order valence-electron chi connectivity index (χ0n) is 18.2. The second-order valence-corrected chi connectivity index (χ2v) is 9.06. The minimum atomic E-state index is 0.601. The highest BCUT2D eigenvalue weighted by molar-refractivity contribution is 7.99. The van der Waals surface area contributed by atoms with Crippen LogP contribution >= 0.6 is 11.8 Å². The van der Waals surface area contributed by atoms with E-state index in [1.807, 2.05) is 12.1 Å². The molecule has 0 aliphatic carbocycles. The Bertz CT molecular complexity index is 1520. The van der Waals surface area contributed by atoms with Crippen molar-refractivity contribution >= 4 is 28.8 Å². The second kappa shape index (κ2) is 8.55. The molecule has 0 N–H and O–H groups in total. The van der Waals surface area contributed by atoms with Gasteiger partial charge in [0.2, 0.25) is 0 Å². The molecule has 0 amide bonds. The van der Waals surface area contributed by atoms with Crippen LogP contribution in [0.15, 0.2) is 125 Å². The summed E-state index contributed by atoms with van der Waals surface area (Å²) in [5.41, 5.74) is 8.02. The van der Waals surface area contributed by atoms with Gasteiger partial charge in [0.15, 0.2) is 0 Å². The first-order chi connectivity index (χ1) is 16.8. The molecule has 4 aromatic carbocycles. The Balaban J connectivity index is 1.59. The first-order valence-corrected chi connectivity index (χ1v) is 11.9. The van der Waals surface area contributed by atoms with Crippen LogP contribution in [0.2, 0.25) is 0 Å². The summed E-state index contributed by atoms with van der Waals surface area (Å²) in [6.45, 7) is 0. The number of anilines is 3. The molecule has 4 heteroatoms. The Morgan fingerprint density at radius 2 is 1.18 bits per heavy atom. The highest BCUT2D eigenvalue weighted by Crippen LogP contribution is 2.53. The summed E-state index contributed by atoms with van der Waals surface area (Å²) in [6.07, 6.45) is 1.70. The van der Waals surface area contributed by atoms with Crippen molar-refractivity contribution in [1.82, 2.24) is 4.98 Å². The molecule has 0 radical (unpaired) electrons. The summed E-state index contributed by atoms with van der Waals surface area (Å²) in [4.78, 5) is 9.40. The Labute approximate surface area is 203 Å². The molecule has 34 heavy (non-hydrogen) atoms. The van der Waals surface area contributed by atoms with Crippen LogP contribution in [0.3, 0.4) is 0 Å². The molecule has 3 nitrogen and oxygen atoms in total. The molecule has 0 spiro atoms. The van der Waals surface area contributed by atoms with Crippen molar-refractivity contribution in [2.24, 2.45) is 0 Å². The SMILES string of the molecule is N#Cc1ccnc(-c2ccccc2-c2ccccc2N2c3ccccc3Sc3ccccc32)c1. The Hall–Kier alpha value is -4.33. The van der Waals surface area contributed by atoms with Crippen molar-refractivity contribution in [2.75, 3.05) is 4.90 Å². The third-order valence-corrected chi connectivity index (χ3v) is 7.09. The van der Waals surface area contributed by atoms with Gasteiger partial charge in [0.05, 0.1) is 34.4 Å². The summed E-state index contributed by atoms with van der Waals surface area (Å²) in [7, 11) is 0. The van der Waals surface area contributed by atoms with Crippen LogP contribution < -0.4 is 4.90 Å². The maximum atomic E-state index is 9.41. The Morgan fingerprint density at radius 1 is 0.618 bits per heavy atom. The van der Waals surface area contributed by atoms with Crippen LogP contribution in [0.25, 0.3) is 22.4 Å². The average molecular weight is 454 g/mol. The second-order valence-electron chi connectivity index (χ2n) is 7.98. The number of benzene rings is 4. The van der Waals surface area contributed by atoms with E-state index in [-0.39, 0.29) is 0 Å². The van der Waals surface area contributed by atoms with Gasteiger partial charge in [-0.1, -0.05) is 78.5 Å². The summed E-state index contributed by atoms with van der Waals surface area (Å²) < 4.78 is 0. The molecular formula is C30H19N3S. The quantitative estimate of drug-likeness (QED) is 0.271. The van der Waals surface area contributed by atoms with Crippen molar-refractivity contribution in [1.29, 1.82) is 5.26 Å². The Morgan fingerprint density at radius 3 is 1.85 bits per heavy atom. The van der Waals surface area contributed by atoms with Gasteiger partial charge >= 0.3 is 0 Å². The molecule has 0 atom stereocenters. The highest BCUT2D eigenvalue weighted by atomic mass is 32.2. The molecule has 5 aromatic rings. The van der Waals surface area contributed by atoms with E-state index < -0.39 is 0 Å². The van der Waals surface area contributed by atoms with Crippen LogP contribution in [0.1, 0.15) is 5.56 Å². The van der Waals surface area contributed by atoms with Gasteiger partial charge < -0.3 is 4.90 Å². The van der Waals surface area contributed by atoms with Crippen LogP contribution in [-0.2, 0) is 0 Å². The topological polar surface area (TPSA) is 39.9 Å². The summed E-state index contributed by atoms with van der Waals surface area (Å²) in [6, 6.07) is 39.7. The van der Waals surface area contributed by atoms with E-state index in [1.54, 1.807) is 24.0 Å². The van der Waals surface area contributed by atoms with Crippen LogP contribution in [0.4, 0.5) is 17.1 Å². The number of hydrogen-bond donors (Lipinski definition) is 0.